The number of aromatic nitrogens is 1. The van der Waals surface area contributed by atoms with Gasteiger partial charge in [0.1, 0.15) is 11.8 Å². The van der Waals surface area contributed by atoms with Gasteiger partial charge in [-0.15, -0.1) is 0 Å². The number of aliphatic carboxylic acids is 1. The average Bonchev–Trinajstić information content (AvgIpc) is 2.57. The largest absolute Gasteiger partial charge is 0.480 e. The molecule has 1 atom stereocenters. The van der Waals surface area contributed by atoms with Gasteiger partial charge in [-0.1, -0.05) is 13.8 Å². The molecule has 0 bridgehead atoms. The fraction of sp³-hybridized carbons (Fsp3) is 0.636. The van der Waals surface area contributed by atoms with Gasteiger partial charge in [0, 0.05) is 12.8 Å². The van der Waals surface area contributed by atoms with Crippen LogP contribution in [0.3, 0.4) is 0 Å². The molecule has 0 saturated heterocycles. The van der Waals surface area contributed by atoms with E-state index >= 15 is 0 Å². The maximum atomic E-state index is 11.4. The summed E-state index contributed by atoms with van der Waals surface area (Å²) in [5, 5.41) is 10.9. The number of nitrogens with two attached hydrogens (primary N) is 1. The maximum Gasteiger partial charge on any atom is 0.320 e. The number of hydrogen-bond donors (Lipinski definition) is 3. The fourth-order valence-electron chi connectivity index (χ4n) is 1.49. The van der Waals surface area contributed by atoms with Crippen molar-refractivity contribution in [1.29, 1.82) is 0 Å². The number of carboxylic acids is 1. The van der Waals surface area contributed by atoms with Crippen LogP contribution in [0, 0.1) is 5.92 Å². The monoisotopic (exact) mass is 242 g/mol. The van der Waals surface area contributed by atoms with Gasteiger partial charge in [0.05, 0.1) is 5.56 Å². The van der Waals surface area contributed by atoms with Gasteiger partial charge in [0.15, 0.2) is 0 Å². The first-order valence-corrected chi connectivity index (χ1v) is 5.59. The zero-order valence-electron chi connectivity index (χ0n) is 10.0. The lowest BCUT2D eigenvalue weighted by atomic mass is 10.0. The van der Waals surface area contributed by atoms with Crippen LogP contribution in [0.2, 0.25) is 0 Å². The Labute approximate surface area is 98.8 Å². The zero-order chi connectivity index (χ0) is 13.0. The fourth-order valence-corrected chi connectivity index (χ4v) is 1.49. The molecule has 96 valence electrons. The van der Waals surface area contributed by atoms with Gasteiger partial charge in [-0.25, -0.2) is 0 Å². The van der Waals surface area contributed by atoms with Gasteiger partial charge >= 0.3 is 5.97 Å². The summed E-state index contributed by atoms with van der Waals surface area (Å²) < 4.78 is 5.04. The van der Waals surface area contributed by atoms with Crippen molar-refractivity contribution in [2.45, 2.75) is 39.2 Å². The van der Waals surface area contributed by atoms with Gasteiger partial charge < -0.3 is 15.4 Å². The minimum atomic E-state index is -1.12. The molecule has 0 aliphatic carbocycles. The number of rotatable bonds is 6. The Balaban J connectivity index is 2.79. The molecule has 1 aromatic heterocycles. The predicted molar refractivity (Wildman–Crippen MR) is 61.8 cm³/mol. The van der Waals surface area contributed by atoms with Crippen molar-refractivity contribution in [3.8, 4) is 0 Å². The second kappa shape index (κ2) is 5.67. The Morgan fingerprint density at radius 1 is 1.53 bits per heavy atom. The van der Waals surface area contributed by atoms with E-state index in [2.05, 4.69) is 19.0 Å². The standard InChI is InChI=1S/C11H18N2O4/c1-6(2)3-4-9-7(10(14)13-17-9)5-8(12)11(15)16/h6,8H,3-5,12H2,1-2H3,(H,13,14)(H,15,16)/t8-/m0/s1. The molecule has 0 aliphatic heterocycles. The van der Waals surface area contributed by atoms with Crippen LogP contribution in [-0.4, -0.2) is 22.3 Å². The van der Waals surface area contributed by atoms with Gasteiger partial charge in [0.25, 0.3) is 5.56 Å². The highest BCUT2D eigenvalue weighted by atomic mass is 16.5. The lowest BCUT2D eigenvalue weighted by molar-refractivity contribution is -0.138. The molecule has 0 unspecified atom stereocenters. The molecule has 0 amide bonds. The van der Waals surface area contributed by atoms with E-state index in [9.17, 15) is 9.59 Å². The SMILES string of the molecule is CC(C)CCc1o[nH]c(=O)c1C[C@H](N)C(=O)O. The third-order valence-corrected chi connectivity index (χ3v) is 2.57. The number of aromatic amines is 1. The molecular weight excluding hydrogens is 224 g/mol. The van der Waals surface area contributed by atoms with Gasteiger partial charge in [-0.2, -0.15) is 5.16 Å². The minimum absolute atomic E-state index is 0.00536. The first-order chi connectivity index (χ1) is 7.91. The Hall–Kier alpha value is -1.56. The normalized spacial score (nSPS) is 12.9. The number of nitrogens with one attached hydrogen (secondary N) is 1. The van der Waals surface area contributed by atoms with Crippen LogP contribution in [0.1, 0.15) is 31.6 Å². The highest BCUT2D eigenvalue weighted by Gasteiger charge is 2.20. The van der Waals surface area contributed by atoms with E-state index in [1.54, 1.807) is 0 Å². The molecular formula is C11H18N2O4. The van der Waals surface area contributed by atoms with Gasteiger partial charge in [-0.3, -0.25) is 9.59 Å². The smallest absolute Gasteiger partial charge is 0.320 e. The Kier molecular flexibility index (Phi) is 4.51. The molecule has 4 N–H and O–H groups in total. The highest BCUT2D eigenvalue weighted by molar-refractivity contribution is 5.73. The first kappa shape index (κ1) is 13.5. The molecule has 0 fully saturated rings. The molecule has 17 heavy (non-hydrogen) atoms. The summed E-state index contributed by atoms with van der Waals surface area (Å²) in [5.74, 6) is -0.128. The minimum Gasteiger partial charge on any atom is -0.480 e. The summed E-state index contributed by atoms with van der Waals surface area (Å²) >= 11 is 0. The van der Waals surface area contributed by atoms with Crippen molar-refractivity contribution in [1.82, 2.24) is 5.16 Å². The van der Waals surface area contributed by atoms with Crippen molar-refractivity contribution < 1.29 is 14.4 Å². The Morgan fingerprint density at radius 3 is 2.71 bits per heavy atom. The summed E-state index contributed by atoms with van der Waals surface area (Å²) in [6, 6.07) is -1.08. The van der Waals surface area contributed by atoms with Crippen molar-refractivity contribution in [2.24, 2.45) is 11.7 Å². The van der Waals surface area contributed by atoms with Gasteiger partial charge in [0.2, 0.25) is 0 Å². The van der Waals surface area contributed by atoms with Gasteiger partial charge in [-0.05, 0) is 12.3 Å². The Bertz CT molecular complexity index is 433. The molecule has 0 aliphatic rings. The molecule has 6 heteroatoms. The predicted octanol–water partition coefficient (Wildman–Crippen LogP) is 0.511. The average molecular weight is 242 g/mol. The van der Waals surface area contributed by atoms with E-state index in [1.165, 1.54) is 0 Å². The van der Waals surface area contributed by atoms with Crippen LogP contribution in [-0.2, 0) is 17.6 Å². The molecule has 0 saturated carbocycles. The van der Waals surface area contributed by atoms with Crippen molar-refractivity contribution in [2.75, 3.05) is 0 Å². The number of carbonyl (C=O) groups is 1. The number of hydrogen-bond acceptors (Lipinski definition) is 4. The molecule has 1 rings (SSSR count). The third-order valence-electron chi connectivity index (χ3n) is 2.57. The number of aryl methyl sites for hydroxylation is 1. The van der Waals surface area contributed by atoms with Crippen LogP contribution in [0.15, 0.2) is 9.32 Å². The molecule has 1 aromatic rings. The lowest BCUT2D eigenvalue weighted by Crippen LogP contribution is -2.34. The van der Waals surface area contributed by atoms with Crippen LogP contribution >= 0.6 is 0 Å². The summed E-state index contributed by atoms with van der Waals surface area (Å²) in [4.78, 5) is 22.1. The topological polar surface area (TPSA) is 109 Å². The third kappa shape index (κ3) is 3.74. The summed E-state index contributed by atoms with van der Waals surface area (Å²) in [7, 11) is 0. The Morgan fingerprint density at radius 2 is 2.18 bits per heavy atom. The van der Waals surface area contributed by atoms with E-state index in [-0.39, 0.29) is 12.0 Å². The van der Waals surface area contributed by atoms with Crippen LogP contribution in [0.4, 0.5) is 0 Å². The van der Waals surface area contributed by atoms with Crippen LogP contribution in [0.25, 0.3) is 0 Å². The summed E-state index contributed by atoms with van der Waals surface area (Å²) in [6.07, 6.45) is 1.47. The second-order valence-electron chi connectivity index (χ2n) is 4.52. The van der Waals surface area contributed by atoms with Crippen LogP contribution < -0.4 is 11.3 Å². The second-order valence-corrected chi connectivity index (χ2v) is 4.52. The van der Waals surface area contributed by atoms with Crippen LogP contribution in [0.5, 0.6) is 0 Å². The number of H-pyrrole nitrogens is 1. The molecule has 0 spiro atoms. The van der Waals surface area contributed by atoms with E-state index in [0.717, 1.165) is 6.42 Å². The van der Waals surface area contributed by atoms with Crippen molar-refractivity contribution in [3.63, 3.8) is 0 Å². The maximum absolute atomic E-state index is 11.4. The molecule has 0 radical (unpaired) electrons. The highest BCUT2D eigenvalue weighted by Crippen LogP contribution is 2.12. The zero-order valence-corrected chi connectivity index (χ0v) is 10.0. The molecule has 0 aromatic carbocycles. The molecule has 1 heterocycles. The van der Waals surface area contributed by atoms with Crippen molar-refractivity contribution in [3.05, 3.63) is 21.7 Å². The van der Waals surface area contributed by atoms with Crippen molar-refractivity contribution >= 4 is 5.97 Å². The van der Waals surface area contributed by atoms with E-state index in [1.807, 2.05) is 0 Å². The summed E-state index contributed by atoms with van der Waals surface area (Å²) in [5.41, 5.74) is 5.37. The van der Waals surface area contributed by atoms with E-state index in [0.29, 0.717) is 23.7 Å². The summed E-state index contributed by atoms with van der Waals surface area (Å²) in [6.45, 7) is 4.13. The molecule has 6 nitrogen and oxygen atoms in total. The quantitative estimate of drug-likeness (QED) is 0.673. The lowest BCUT2D eigenvalue weighted by Gasteiger charge is -2.06. The van der Waals surface area contributed by atoms with E-state index < -0.39 is 12.0 Å². The van der Waals surface area contributed by atoms with E-state index in [4.69, 9.17) is 15.4 Å². The first-order valence-electron chi connectivity index (χ1n) is 5.59. The number of carboxylic acid groups (broad SMARTS) is 1.